The number of rotatable bonds is 6. The van der Waals surface area contributed by atoms with E-state index >= 15 is 0 Å². The Balaban J connectivity index is 1.51. The highest BCUT2D eigenvalue weighted by atomic mass is 16.2. The Kier molecular flexibility index (Phi) is 6.96. The number of amides is 2. The van der Waals surface area contributed by atoms with Crippen molar-refractivity contribution in [1.82, 2.24) is 25.1 Å². The van der Waals surface area contributed by atoms with Gasteiger partial charge in [-0.15, -0.1) is 0 Å². The van der Waals surface area contributed by atoms with Crippen molar-refractivity contribution in [2.75, 3.05) is 16.8 Å². The van der Waals surface area contributed by atoms with Gasteiger partial charge in [-0.2, -0.15) is 5.10 Å². The minimum absolute atomic E-state index is 0.0310. The summed E-state index contributed by atoms with van der Waals surface area (Å²) in [5, 5.41) is 10.4. The predicted octanol–water partition coefficient (Wildman–Crippen LogP) is 3.14. The largest absolute Gasteiger partial charge is 0.364 e. The van der Waals surface area contributed by atoms with E-state index in [1.807, 2.05) is 24.3 Å². The Labute approximate surface area is 211 Å². The number of aryl methyl sites for hydroxylation is 1. The normalized spacial score (nSPS) is 18.1. The van der Waals surface area contributed by atoms with Gasteiger partial charge in [0, 0.05) is 37.4 Å². The van der Waals surface area contributed by atoms with E-state index in [4.69, 9.17) is 5.73 Å². The molecule has 1 saturated heterocycles. The maximum Gasteiger partial charge on any atom is 0.271 e. The fourth-order valence-corrected chi connectivity index (χ4v) is 4.44. The van der Waals surface area contributed by atoms with Crippen molar-refractivity contribution in [3.63, 3.8) is 0 Å². The Morgan fingerprint density at radius 1 is 1.14 bits per heavy atom. The van der Waals surface area contributed by atoms with Gasteiger partial charge in [-0.05, 0) is 42.9 Å². The zero-order valence-electron chi connectivity index (χ0n) is 21.4. The van der Waals surface area contributed by atoms with Gasteiger partial charge in [-0.1, -0.05) is 32.9 Å². The van der Waals surface area contributed by atoms with Crippen LogP contribution < -0.4 is 21.3 Å². The molecule has 0 aliphatic carbocycles. The maximum atomic E-state index is 13.0. The van der Waals surface area contributed by atoms with Gasteiger partial charge < -0.3 is 21.3 Å². The van der Waals surface area contributed by atoms with Crippen molar-refractivity contribution >= 4 is 29.1 Å². The Morgan fingerprint density at radius 3 is 2.47 bits per heavy atom. The van der Waals surface area contributed by atoms with Crippen LogP contribution in [0.1, 0.15) is 66.9 Å². The third-order valence-electron chi connectivity index (χ3n) is 6.57. The predicted molar refractivity (Wildman–Crippen MR) is 139 cm³/mol. The summed E-state index contributed by atoms with van der Waals surface area (Å²) < 4.78 is 1.64. The van der Waals surface area contributed by atoms with E-state index in [-0.39, 0.29) is 34.9 Å². The van der Waals surface area contributed by atoms with Crippen LogP contribution in [0.2, 0.25) is 0 Å². The van der Waals surface area contributed by atoms with Crippen molar-refractivity contribution in [2.24, 2.45) is 12.8 Å². The van der Waals surface area contributed by atoms with Crippen molar-refractivity contribution < 1.29 is 9.59 Å². The molecule has 0 unspecified atom stereocenters. The van der Waals surface area contributed by atoms with Crippen molar-refractivity contribution in [2.45, 2.75) is 58.0 Å². The standard InChI is InChI=1S/C26H34N8O2/c1-16-20(31-25(36)17-8-10-18(11-9-17)26(2,3)4)7-6-12-34(16)21-14-28-22(23(27)35)24(32-21)30-19-13-29-33(5)15-19/h8-11,13-16,20H,6-7,12H2,1-5H3,(H2,27,35)(H,30,32)(H,31,36)/t16-,20-/m1/s1. The van der Waals surface area contributed by atoms with Crippen LogP contribution in [-0.2, 0) is 12.5 Å². The molecule has 36 heavy (non-hydrogen) atoms. The summed E-state index contributed by atoms with van der Waals surface area (Å²) in [5.41, 5.74) is 8.11. The molecule has 4 rings (SSSR count). The van der Waals surface area contributed by atoms with Crippen LogP contribution in [0, 0.1) is 0 Å². The molecule has 0 radical (unpaired) electrons. The first-order valence-electron chi connectivity index (χ1n) is 12.1. The quantitative estimate of drug-likeness (QED) is 0.484. The molecular formula is C26H34N8O2. The van der Waals surface area contributed by atoms with E-state index in [0.29, 0.717) is 17.1 Å². The second-order valence-electron chi connectivity index (χ2n) is 10.3. The number of anilines is 3. The highest BCUT2D eigenvalue weighted by molar-refractivity contribution is 5.96. The average molecular weight is 491 g/mol. The smallest absolute Gasteiger partial charge is 0.271 e. The Bertz CT molecular complexity index is 1250. The van der Waals surface area contributed by atoms with Gasteiger partial charge in [-0.25, -0.2) is 9.97 Å². The van der Waals surface area contributed by atoms with Crippen LogP contribution in [0.4, 0.5) is 17.3 Å². The number of piperidine rings is 1. The number of carbonyl (C=O) groups excluding carboxylic acids is 2. The minimum atomic E-state index is -0.672. The van der Waals surface area contributed by atoms with Gasteiger partial charge in [0.05, 0.1) is 18.1 Å². The molecule has 190 valence electrons. The molecule has 2 amide bonds. The van der Waals surface area contributed by atoms with Gasteiger partial charge in [-0.3, -0.25) is 14.3 Å². The molecule has 0 spiro atoms. The highest BCUT2D eigenvalue weighted by Crippen LogP contribution is 2.27. The van der Waals surface area contributed by atoms with Crippen molar-refractivity contribution in [3.8, 4) is 0 Å². The van der Waals surface area contributed by atoms with Crippen molar-refractivity contribution in [3.05, 3.63) is 59.7 Å². The van der Waals surface area contributed by atoms with E-state index in [1.165, 1.54) is 5.56 Å². The first-order valence-corrected chi connectivity index (χ1v) is 12.1. The maximum absolute atomic E-state index is 13.0. The lowest BCUT2D eigenvalue weighted by Gasteiger charge is -2.40. The fourth-order valence-electron chi connectivity index (χ4n) is 4.44. The van der Waals surface area contributed by atoms with Crippen molar-refractivity contribution in [1.29, 1.82) is 0 Å². The Morgan fingerprint density at radius 2 is 1.86 bits per heavy atom. The van der Waals surface area contributed by atoms with Crippen LogP contribution in [-0.4, -0.2) is 50.2 Å². The lowest BCUT2D eigenvalue weighted by Crippen LogP contribution is -2.54. The summed E-state index contributed by atoms with van der Waals surface area (Å²) in [6, 6.07) is 7.69. The second-order valence-corrected chi connectivity index (χ2v) is 10.3. The summed E-state index contributed by atoms with van der Waals surface area (Å²) >= 11 is 0. The highest BCUT2D eigenvalue weighted by Gasteiger charge is 2.31. The SMILES string of the molecule is C[C@@H]1[C@H](NC(=O)c2ccc(C(C)(C)C)cc2)CCCN1c1cnc(C(N)=O)c(Nc2cnn(C)c2)n1. The molecule has 10 heteroatoms. The summed E-state index contributed by atoms with van der Waals surface area (Å²) in [7, 11) is 1.80. The van der Waals surface area contributed by atoms with Crippen LogP contribution in [0.15, 0.2) is 42.9 Å². The molecule has 1 aromatic carbocycles. The van der Waals surface area contributed by atoms with Gasteiger partial charge in [0.15, 0.2) is 11.5 Å². The molecule has 1 aliphatic heterocycles. The average Bonchev–Trinajstić information content (AvgIpc) is 3.24. The van der Waals surface area contributed by atoms with Gasteiger partial charge in [0.25, 0.3) is 11.8 Å². The van der Waals surface area contributed by atoms with Crippen LogP contribution in [0.5, 0.6) is 0 Å². The first-order chi connectivity index (χ1) is 17.0. The lowest BCUT2D eigenvalue weighted by molar-refractivity contribution is 0.0923. The summed E-state index contributed by atoms with van der Waals surface area (Å²) in [6.45, 7) is 9.26. The fraction of sp³-hybridized carbons (Fsp3) is 0.423. The van der Waals surface area contributed by atoms with E-state index in [2.05, 4.69) is 58.3 Å². The molecule has 3 aromatic rings. The van der Waals surface area contributed by atoms with Gasteiger partial charge in [0.1, 0.15) is 5.82 Å². The number of aromatic nitrogens is 4. The Hall–Kier alpha value is -3.95. The van der Waals surface area contributed by atoms with Crippen LogP contribution in [0.3, 0.4) is 0 Å². The summed E-state index contributed by atoms with van der Waals surface area (Å²) in [6.07, 6.45) is 6.69. The molecule has 2 aromatic heterocycles. The molecule has 1 fully saturated rings. The summed E-state index contributed by atoms with van der Waals surface area (Å²) in [4.78, 5) is 36.0. The molecule has 3 heterocycles. The topological polar surface area (TPSA) is 131 Å². The van der Waals surface area contributed by atoms with Gasteiger partial charge in [0.2, 0.25) is 0 Å². The monoisotopic (exact) mass is 490 g/mol. The molecule has 1 aliphatic rings. The molecule has 2 atom stereocenters. The van der Waals surface area contributed by atoms with Crippen LogP contribution >= 0.6 is 0 Å². The lowest BCUT2D eigenvalue weighted by atomic mass is 9.86. The minimum Gasteiger partial charge on any atom is -0.364 e. The number of carbonyl (C=O) groups is 2. The second kappa shape index (κ2) is 9.96. The molecule has 0 bridgehead atoms. The number of hydrogen-bond donors (Lipinski definition) is 3. The number of nitrogens with zero attached hydrogens (tertiary/aromatic N) is 5. The number of primary amides is 1. The van der Waals surface area contributed by atoms with E-state index in [1.54, 1.807) is 30.3 Å². The first kappa shape index (κ1) is 25.2. The number of nitrogens with one attached hydrogen (secondary N) is 2. The molecule has 10 nitrogen and oxygen atoms in total. The van der Waals surface area contributed by atoms with Gasteiger partial charge >= 0.3 is 0 Å². The zero-order chi connectivity index (χ0) is 26.0. The van der Waals surface area contributed by atoms with E-state index < -0.39 is 5.91 Å². The molecule has 0 saturated carbocycles. The van der Waals surface area contributed by atoms with E-state index in [0.717, 1.165) is 19.4 Å². The third-order valence-corrected chi connectivity index (χ3v) is 6.57. The molecule has 4 N–H and O–H groups in total. The molecular weight excluding hydrogens is 456 g/mol. The number of benzene rings is 1. The number of hydrogen-bond acceptors (Lipinski definition) is 7. The zero-order valence-corrected chi connectivity index (χ0v) is 21.4. The number of nitrogens with two attached hydrogens (primary N) is 1. The van der Waals surface area contributed by atoms with Crippen LogP contribution in [0.25, 0.3) is 0 Å². The van der Waals surface area contributed by atoms with E-state index in [9.17, 15) is 9.59 Å². The summed E-state index contributed by atoms with van der Waals surface area (Å²) in [5.74, 6) is 0.107. The third kappa shape index (κ3) is 5.48.